The SMILES string of the molecule is COC[C@@H](NCc1c(C)cc(C)c(CO)c1C)c1ccnn1C. The van der Waals surface area contributed by atoms with Crippen LogP contribution < -0.4 is 5.32 Å². The van der Waals surface area contributed by atoms with Crippen molar-refractivity contribution >= 4 is 0 Å². The molecule has 0 bridgehead atoms. The number of benzene rings is 1. The third-order valence-corrected chi connectivity index (χ3v) is 4.52. The van der Waals surface area contributed by atoms with E-state index in [0.29, 0.717) is 6.61 Å². The predicted molar refractivity (Wildman–Crippen MR) is 91.2 cm³/mol. The fraction of sp³-hybridized carbons (Fsp3) is 0.500. The van der Waals surface area contributed by atoms with Crippen molar-refractivity contribution in [1.82, 2.24) is 15.1 Å². The fourth-order valence-electron chi connectivity index (χ4n) is 3.15. The Labute approximate surface area is 138 Å². The summed E-state index contributed by atoms with van der Waals surface area (Å²) in [6.45, 7) is 7.63. The normalized spacial score (nSPS) is 12.6. The largest absolute Gasteiger partial charge is 0.392 e. The molecule has 126 valence electrons. The second kappa shape index (κ2) is 7.73. The lowest BCUT2D eigenvalue weighted by molar-refractivity contribution is 0.163. The van der Waals surface area contributed by atoms with E-state index < -0.39 is 0 Å². The number of ether oxygens (including phenoxy) is 1. The van der Waals surface area contributed by atoms with E-state index in [2.05, 4.69) is 30.3 Å². The number of aryl methyl sites for hydroxylation is 3. The minimum Gasteiger partial charge on any atom is -0.392 e. The number of aliphatic hydroxyl groups excluding tert-OH is 1. The van der Waals surface area contributed by atoms with Gasteiger partial charge in [-0.25, -0.2) is 0 Å². The van der Waals surface area contributed by atoms with Crippen LogP contribution in [0.15, 0.2) is 18.3 Å². The van der Waals surface area contributed by atoms with Gasteiger partial charge in [-0.05, 0) is 54.7 Å². The zero-order valence-corrected chi connectivity index (χ0v) is 14.7. The van der Waals surface area contributed by atoms with Crippen molar-refractivity contribution in [2.24, 2.45) is 7.05 Å². The van der Waals surface area contributed by atoms with Crippen molar-refractivity contribution in [3.8, 4) is 0 Å². The summed E-state index contributed by atoms with van der Waals surface area (Å²) in [5.41, 5.74) is 6.91. The maximum atomic E-state index is 9.61. The lowest BCUT2D eigenvalue weighted by Crippen LogP contribution is -2.27. The van der Waals surface area contributed by atoms with E-state index in [9.17, 15) is 5.11 Å². The van der Waals surface area contributed by atoms with E-state index in [1.165, 1.54) is 16.7 Å². The molecular formula is C18H27N3O2. The van der Waals surface area contributed by atoms with Gasteiger partial charge in [-0.3, -0.25) is 4.68 Å². The van der Waals surface area contributed by atoms with E-state index in [0.717, 1.165) is 23.4 Å². The number of aromatic nitrogens is 2. The van der Waals surface area contributed by atoms with Crippen molar-refractivity contribution in [3.05, 3.63) is 51.8 Å². The Hall–Kier alpha value is -1.69. The maximum Gasteiger partial charge on any atom is 0.0731 e. The van der Waals surface area contributed by atoms with Gasteiger partial charge in [0.2, 0.25) is 0 Å². The number of hydrogen-bond acceptors (Lipinski definition) is 4. The average Bonchev–Trinajstić information content (AvgIpc) is 2.92. The van der Waals surface area contributed by atoms with Gasteiger partial charge in [0.05, 0.1) is 24.9 Å². The van der Waals surface area contributed by atoms with Gasteiger partial charge in [-0.2, -0.15) is 5.10 Å². The standard InChI is InChI=1S/C18H27N3O2/c1-12-8-13(2)16(10-22)14(3)15(12)9-19-17(11-23-5)18-6-7-20-21(18)4/h6-8,17,19,22H,9-11H2,1-5H3/t17-/m1/s1. The van der Waals surface area contributed by atoms with Gasteiger partial charge in [0, 0.05) is 26.9 Å². The molecular weight excluding hydrogens is 290 g/mol. The monoisotopic (exact) mass is 317 g/mol. The maximum absolute atomic E-state index is 9.61. The van der Waals surface area contributed by atoms with Gasteiger partial charge in [-0.15, -0.1) is 0 Å². The Kier molecular flexibility index (Phi) is 5.93. The number of aliphatic hydroxyl groups is 1. The van der Waals surface area contributed by atoms with Gasteiger partial charge < -0.3 is 15.2 Å². The molecule has 0 radical (unpaired) electrons. The van der Waals surface area contributed by atoms with Crippen molar-refractivity contribution in [3.63, 3.8) is 0 Å². The average molecular weight is 317 g/mol. The van der Waals surface area contributed by atoms with Crippen LogP contribution in [0, 0.1) is 20.8 Å². The van der Waals surface area contributed by atoms with Gasteiger partial charge in [-0.1, -0.05) is 6.07 Å². The van der Waals surface area contributed by atoms with E-state index in [1.807, 2.05) is 24.7 Å². The third-order valence-electron chi connectivity index (χ3n) is 4.52. The molecule has 2 rings (SSSR count). The Bertz CT molecular complexity index is 665. The van der Waals surface area contributed by atoms with Gasteiger partial charge >= 0.3 is 0 Å². The first-order chi connectivity index (χ1) is 11.0. The van der Waals surface area contributed by atoms with Crippen LogP contribution in [0.5, 0.6) is 0 Å². The molecule has 0 fully saturated rings. The highest BCUT2D eigenvalue weighted by Gasteiger charge is 2.16. The van der Waals surface area contributed by atoms with Crippen LogP contribution in [0.4, 0.5) is 0 Å². The van der Waals surface area contributed by atoms with Gasteiger partial charge in [0.25, 0.3) is 0 Å². The molecule has 0 unspecified atom stereocenters. The van der Waals surface area contributed by atoms with Crippen LogP contribution in [0.2, 0.25) is 0 Å². The summed E-state index contributed by atoms with van der Waals surface area (Å²) < 4.78 is 7.22. The molecule has 5 heteroatoms. The lowest BCUT2D eigenvalue weighted by atomic mass is 9.93. The highest BCUT2D eigenvalue weighted by molar-refractivity contribution is 5.44. The summed E-state index contributed by atoms with van der Waals surface area (Å²) in [6.07, 6.45) is 1.80. The molecule has 0 aliphatic heterocycles. The van der Waals surface area contributed by atoms with E-state index >= 15 is 0 Å². The van der Waals surface area contributed by atoms with Crippen molar-refractivity contribution in [1.29, 1.82) is 0 Å². The zero-order chi connectivity index (χ0) is 17.0. The molecule has 1 atom stereocenters. The molecule has 0 aliphatic rings. The summed E-state index contributed by atoms with van der Waals surface area (Å²) in [6, 6.07) is 4.22. The minimum atomic E-state index is 0.0742. The molecule has 1 aromatic carbocycles. The Balaban J connectivity index is 2.23. The molecule has 0 saturated heterocycles. The summed E-state index contributed by atoms with van der Waals surface area (Å²) in [7, 11) is 3.64. The molecule has 0 aliphatic carbocycles. The first-order valence-corrected chi connectivity index (χ1v) is 7.89. The molecule has 0 spiro atoms. The molecule has 0 saturated carbocycles. The van der Waals surface area contributed by atoms with Gasteiger partial charge in [0.1, 0.15) is 0 Å². The number of nitrogens with one attached hydrogen (secondary N) is 1. The smallest absolute Gasteiger partial charge is 0.0731 e. The minimum absolute atomic E-state index is 0.0742. The van der Waals surface area contributed by atoms with E-state index in [1.54, 1.807) is 13.3 Å². The number of hydrogen-bond donors (Lipinski definition) is 2. The predicted octanol–water partition coefficient (Wildman–Crippen LogP) is 2.31. The summed E-state index contributed by atoms with van der Waals surface area (Å²) in [4.78, 5) is 0. The first-order valence-electron chi connectivity index (χ1n) is 7.89. The number of nitrogens with zero attached hydrogens (tertiary/aromatic N) is 2. The summed E-state index contributed by atoms with van der Waals surface area (Å²) in [5, 5.41) is 17.4. The highest BCUT2D eigenvalue weighted by atomic mass is 16.5. The van der Waals surface area contributed by atoms with Crippen molar-refractivity contribution in [2.45, 2.75) is 40.0 Å². The van der Waals surface area contributed by atoms with Gasteiger partial charge in [0.15, 0.2) is 0 Å². The molecule has 0 amide bonds. The first kappa shape index (κ1) is 17.7. The topological polar surface area (TPSA) is 59.3 Å². The van der Waals surface area contributed by atoms with Crippen LogP contribution >= 0.6 is 0 Å². The van der Waals surface area contributed by atoms with Crippen LogP contribution in [0.1, 0.15) is 39.6 Å². The molecule has 1 heterocycles. The Morgan fingerprint density at radius 1 is 1.26 bits per heavy atom. The van der Waals surface area contributed by atoms with Crippen LogP contribution in [-0.2, 0) is 24.9 Å². The summed E-state index contributed by atoms with van der Waals surface area (Å²) >= 11 is 0. The van der Waals surface area contributed by atoms with Crippen LogP contribution in [0.3, 0.4) is 0 Å². The lowest BCUT2D eigenvalue weighted by Gasteiger charge is -2.21. The number of rotatable bonds is 7. The Morgan fingerprint density at radius 3 is 2.52 bits per heavy atom. The van der Waals surface area contributed by atoms with E-state index in [4.69, 9.17) is 4.74 Å². The van der Waals surface area contributed by atoms with Crippen molar-refractivity contribution in [2.75, 3.05) is 13.7 Å². The summed E-state index contributed by atoms with van der Waals surface area (Å²) in [5.74, 6) is 0. The number of methoxy groups -OCH3 is 1. The molecule has 5 nitrogen and oxygen atoms in total. The van der Waals surface area contributed by atoms with E-state index in [-0.39, 0.29) is 12.6 Å². The third kappa shape index (κ3) is 3.80. The second-order valence-electron chi connectivity index (χ2n) is 6.02. The highest BCUT2D eigenvalue weighted by Crippen LogP contribution is 2.23. The molecule has 1 aromatic heterocycles. The molecule has 2 N–H and O–H groups in total. The fourth-order valence-corrected chi connectivity index (χ4v) is 3.15. The molecule has 2 aromatic rings. The van der Waals surface area contributed by atoms with Crippen LogP contribution in [-0.4, -0.2) is 28.6 Å². The quantitative estimate of drug-likeness (QED) is 0.823. The van der Waals surface area contributed by atoms with Crippen molar-refractivity contribution < 1.29 is 9.84 Å². The molecule has 23 heavy (non-hydrogen) atoms. The second-order valence-corrected chi connectivity index (χ2v) is 6.02. The Morgan fingerprint density at radius 2 is 1.96 bits per heavy atom. The zero-order valence-electron chi connectivity index (χ0n) is 14.7. The van der Waals surface area contributed by atoms with Crippen LogP contribution in [0.25, 0.3) is 0 Å².